The summed E-state index contributed by atoms with van der Waals surface area (Å²) in [6.45, 7) is 14.4. The molecule has 0 saturated heterocycles. The van der Waals surface area contributed by atoms with Gasteiger partial charge in [0.25, 0.3) is 0 Å². The standard InChI is InChI=1S/C14H23Si/c1-6-8-10-12-15(14(3,4)5)13-11-9-7-2/h6-11H,1-2,12-13H2,3-5H3/b10-8+,11-9+. The zero-order chi connectivity index (χ0) is 11.7. The molecule has 0 rings (SSSR count). The van der Waals surface area contributed by atoms with Gasteiger partial charge in [0.15, 0.2) is 0 Å². The van der Waals surface area contributed by atoms with E-state index < -0.39 is 0 Å². The highest BCUT2D eigenvalue weighted by molar-refractivity contribution is 6.63. The highest BCUT2D eigenvalue weighted by Gasteiger charge is 2.23. The topological polar surface area (TPSA) is 0 Å². The summed E-state index contributed by atoms with van der Waals surface area (Å²) in [6.07, 6.45) is 12.3. The first kappa shape index (κ1) is 14.2. The van der Waals surface area contributed by atoms with Gasteiger partial charge in [-0.3, -0.25) is 0 Å². The SMILES string of the molecule is C=C/C=C/C[Si](C/C=C/C=C)C(C)(C)C. The van der Waals surface area contributed by atoms with Gasteiger partial charge in [-0.05, 0) is 17.1 Å². The third kappa shape index (κ3) is 7.15. The summed E-state index contributed by atoms with van der Waals surface area (Å²) in [5.74, 6) is 0. The van der Waals surface area contributed by atoms with Crippen molar-refractivity contribution in [3.63, 3.8) is 0 Å². The maximum Gasteiger partial charge on any atom is 0.0616 e. The fourth-order valence-corrected chi connectivity index (χ4v) is 3.54. The Hall–Kier alpha value is -0.823. The van der Waals surface area contributed by atoms with Crippen molar-refractivity contribution in [2.75, 3.05) is 0 Å². The van der Waals surface area contributed by atoms with Gasteiger partial charge in [-0.2, -0.15) is 0 Å². The van der Waals surface area contributed by atoms with Crippen LogP contribution in [0.5, 0.6) is 0 Å². The molecular formula is C14H23Si. The van der Waals surface area contributed by atoms with Gasteiger partial charge in [0.05, 0.1) is 8.80 Å². The molecule has 0 bridgehead atoms. The van der Waals surface area contributed by atoms with Crippen LogP contribution in [0.4, 0.5) is 0 Å². The highest BCUT2D eigenvalue weighted by Crippen LogP contribution is 2.32. The van der Waals surface area contributed by atoms with Gasteiger partial charge >= 0.3 is 0 Å². The van der Waals surface area contributed by atoms with E-state index in [1.807, 2.05) is 24.3 Å². The van der Waals surface area contributed by atoms with Gasteiger partial charge in [-0.15, -0.1) is 0 Å². The van der Waals surface area contributed by atoms with Crippen LogP contribution in [0.2, 0.25) is 17.1 Å². The van der Waals surface area contributed by atoms with Crippen LogP contribution in [0, 0.1) is 0 Å². The number of rotatable bonds is 6. The van der Waals surface area contributed by atoms with Crippen LogP contribution in [0.25, 0.3) is 0 Å². The van der Waals surface area contributed by atoms with Crippen LogP contribution in [0.3, 0.4) is 0 Å². The fourth-order valence-electron chi connectivity index (χ4n) is 1.31. The van der Waals surface area contributed by atoms with Crippen molar-refractivity contribution >= 4 is 8.80 Å². The number of allylic oxidation sites excluding steroid dienone is 6. The van der Waals surface area contributed by atoms with Crippen LogP contribution in [0.15, 0.2) is 49.6 Å². The molecule has 0 aromatic rings. The molecule has 0 aliphatic rings. The van der Waals surface area contributed by atoms with E-state index >= 15 is 0 Å². The largest absolute Gasteiger partial charge is 0.0991 e. The normalized spacial score (nSPS) is 12.8. The smallest absolute Gasteiger partial charge is 0.0616 e. The van der Waals surface area contributed by atoms with Crippen molar-refractivity contribution in [3.05, 3.63) is 49.6 Å². The van der Waals surface area contributed by atoms with E-state index in [0.29, 0.717) is 5.04 Å². The molecule has 0 aliphatic heterocycles. The van der Waals surface area contributed by atoms with E-state index in [1.54, 1.807) is 0 Å². The molecule has 1 heteroatoms. The maximum absolute atomic E-state index is 3.69. The summed E-state index contributed by atoms with van der Waals surface area (Å²) in [5.41, 5.74) is 0. The average Bonchev–Trinajstić information content (AvgIpc) is 2.14. The van der Waals surface area contributed by atoms with Gasteiger partial charge < -0.3 is 0 Å². The Morgan fingerprint density at radius 2 is 1.33 bits per heavy atom. The first-order chi connectivity index (χ1) is 7.02. The lowest BCUT2D eigenvalue weighted by molar-refractivity contribution is 0.733. The monoisotopic (exact) mass is 219 g/mol. The van der Waals surface area contributed by atoms with Gasteiger partial charge in [0.2, 0.25) is 0 Å². The van der Waals surface area contributed by atoms with E-state index in [1.165, 1.54) is 12.1 Å². The number of hydrogen-bond donors (Lipinski definition) is 0. The van der Waals surface area contributed by atoms with E-state index in [9.17, 15) is 0 Å². The molecule has 0 heterocycles. The molecule has 0 aromatic heterocycles. The van der Waals surface area contributed by atoms with Gasteiger partial charge in [0, 0.05) is 0 Å². The van der Waals surface area contributed by atoms with Crippen molar-refractivity contribution in [2.24, 2.45) is 0 Å². The fraction of sp³-hybridized carbons (Fsp3) is 0.429. The van der Waals surface area contributed by atoms with Crippen LogP contribution in [0.1, 0.15) is 20.8 Å². The summed E-state index contributed by atoms with van der Waals surface area (Å²) in [6, 6.07) is 2.42. The van der Waals surface area contributed by atoms with Crippen LogP contribution in [-0.4, -0.2) is 8.80 Å². The molecule has 0 spiro atoms. The summed E-state index contributed by atoms with van der Waals surface area (Å²) in [4.78, 5) is 0. The van der Waals surface area contributed by atoms with Gasteiger partial charge in [-0.25, -0.2) is 0 Å². The Labute approximate surface area is 96.7 Å². The molecule has 0 unspecified atom stereocenters. The van der Waals surface area contributed by atoms with Crippen molar-refractivity contribution in [2.45, 2.75) is 37.9 Å². The average molecular weight is 219 g/mol. The molecule has 0 amide bonds. The van der Waals surface area contributed by atoms with Crippen molar-refractivity contribution in [3.8, 4) is 0 Å². The van der Waals surface area contributed by atoms with Crippen molar-refractivity contribution in [1.29, 1.82) is 0 Å². The lowest BCUT2D eigenvalue weighted by Crippen LogP contribution is -2.23. The molecular weight excluding hydrogens is 196 g/mol. The summed E-state index contributed by atoms with van der Waals surface area (Å²) in [7, 11) is -0.374. The second-order valence-electron chi connectivity index (χ2n) is 4.59. The van der Waals surface area contributed by atoms with Crippen LogP contribution in [-0.2, 0) is 0 Å². The molecule has 0 fully saturated rings. The predicted octanol–water partition coefficient (Wildman–Crippen LogP) is 4.77. The Morgan fingerprint density at radius 1 is 0.933 bits per heavy atom. The molecule has 0 N–H and O–H groups in total. The minimum absolute atomic E-state index is 0.374. The number of hydrogen-bond acceptors (Lipinski definition) is 0. The quantitative estimate of drug-likeness (QED) is 0.446. The van der Waals surface area contributed by atoms with E-state index in [2.05, 4.69) is 46.1 Å². The zero-order valence-electron chi connectivity index (χ0n) is 10.3. The van der Waals surface area contributed by atoms with E-state index in [0.717, 1.165) is 0 Å². The summed E-state index contributed by atoms with van der Waals surface area (Å²) < 4.78 is 0. The third-order valence-corrected chi connectivity index (χ3v) is 5.91. The first-order valence-corrected chi connectivity index (χ1v) is 7.34. The lowest BCUT2D eigenvalue weighted by atomic mass is 10.2. The first-order valence-electron chi connectivity index (χ1n) is 5.42. The Balaban J connectivity index is 4.31. The molecule has 0 saturated carbocycles. The third-order valence-electron chi connectivity index (χ3n) is 2.33. The molecule has 15 heavy (non-hydrogen) atoms. The zero-order valence-corrected chi connectivity index (χ0v) is 11.3. The molecule has 83 valence electrons. The molecule has 0 atom stereocenters. The van der Waals surface area contributed by atoms with Gasteiger partial charge in [-0.1, -0.05) is 70.4 Å². The van der Waals surface area contributed by atoms with E-state index in [4.69, 9.17) is 0 Å². The molecule has 0 nitrogen and oxygen atoms in total. The second-order valence-corrected chi connectivity index (χ2v) is 8.11. The predicted molar refractivity (Wildman–Crippen MR) is 73.8 cm³/mol. The van der Waals surface area contributed by atoms with E-state index in [-0.39, 0.29) is 8.80 Å². The maximum atomic E-state index is 3.69. The Bertz CT molecular complexity index is 221. The second kappa shape index (κ2) is 7.47. The Morgan fingerprint density at radius 3 is 1.60 bits per heavy atom. The van der Waals surface area contributed by atoms with Crippen LogP contribution < -0.4 is 0 Å². The molecule has 1 radical (unpaired) electrons. The lowest BCUT2D eigenvalue weighted by Gasteiger charge is -2.27. The minimum atomic E-state index is -0.374. The summed E-state index contributed by atoms with van der Waals surface area (Å²) in [5, 5.41) is 0.446. The highest BCUT2D eigenvalue weighted by atomic mass is 28.3. The van der Waals surface area contributed by atoms with Crippen molar-refractivity contribution in [1.82, 2.24) is 0 Å². The van der Waals surface area contributed by atoms with Crippen molar-refractivity contribution < 1.29 is 0 Å². The van der Waals surface area contributed by atoms with Gasteiger partial charge in [0.1, 0.15) is 0 Å². The molecule has 0 aromatic carbocycles. The summed E-state index contributed by atoms with van der Waals surface area (Å²) >= 11 is 0. The minimum Gasteiger partial charge on any atom is -0.0991 e. The Kier molecular flexibility index (Phi) is 7.06. The van der Waals surface area contributed by atoms with Crippen LogP contribution >= 0.6 is 0 Å². The molecule has 0 aliphatic carbocycles.